The molecule has 1 heterocycles. The van der Waals surface area contributed by atoms with Crippen molar-refractivity contribution in [3.05, 3.63) is 29.3 Å². The Balaban J connectivity index is 2.16. The summed E-state index contributed by atoms with van der Waals surface area (Å²) in [6.45, 7) is 11.4. The minimum Gasteiger partial charge on any atom is -0.319 e. The number of aryl methyl sites for hydroxylation is 1. The summed E-state index contributed by atoms with van der Waals surface area (Å²) in [7, 11) is 0.00310. The van der Waals surface area contributed by atoms with E-state index in [1.807, 2.05) is 13.3 Å². The lowest BCUT2D eigenvalue weighted by Crippen LogP contribution is -2.43. The molecule has 112 valence electrons. The lowest BCUT2D eigenvalue weighted by Gasteiger charge is -2.32. The van der Waals surface area contributed by atoms with E-state index in [1.165, 1.54) is 11.1 Å². The highest BCUT2D eigenvalue weighted by Gasteiger charge is 2.16. The van der Waals surface area contributed by atoms with Crippen LogP contribution >= 0.6 is 7.14 Å². The predicted molar refractivity (Wildman–Crippen MR) is 87.7 cm³/mol. The van der Waals surface area contributed by atoms with Crippen molar-refractivity contribution < 1.29 is 4.57 Å². The smallest absolute Gasteiger partial charge is 0.109 e. The minimum absolute atomic E-state index is 0.981. The maximum atomic E-state index is 12.4. The van der Waals surface area contributed by atoms with E-state index < -0.39 is 7.14 Å². The molecule has 0 atom stereocenters. The molecule has 1 aliphatic heterocycles. The third-order valence-corrected chi connectivity index (χ3v) is 5.57. The second-order valence-electron chi connectivity index (χ2n) is 6.29. The molecule has 0 N–H and O–H groups in total. The molecule has 4 heteroatoms. The number of piperazine rings is 1. The van der Waals surface area contributed by atoms with E-state index in [0.29, 0.717) is 0 Å². The van der Waals surface area contributed by atoms with E-state index in [1.54, 1.807) is 0 Å². The number of hydrogen-bond donors (Lipinski definition) is 0. The van der Waals surface area contributed by atoms with Crippen molar-refractivity contribution in [1.29, 1.82) is 0 Å². The van der Waals surface area contributed by atoms with Crippen molar-refractivity contribution >= 4 is 12.4 Å². The third-order valence-electron chi connectivity index (χ3n) is 4.07. The van der Waals surface area contributed by atoms with Gasteiger partial charge in [0.15, 0.2) is 0 Å². The Hall–Kier alpha value is -0.630. The zero-order valence-electron chi connectivity index (χ0n) is 13.2. The normalized spacial score (nSPS) is 18.4. The Morgan fingerprint density at radius 1 is 1.05 bits per heavy atom. The summed E-state index contributed by atoms with van der Waals surface area (Å²) < 4.78 is 12.4. The van der Waals surface area contributed by atoms with Crippen molar-refractivity contribution in [1.82, 2.24) is 9.80 Å². The standard InChI is InChI=1S/C16H27N2OP/c1-5-14-10-15(12-16(11-14)20(3,4)19)13-18-8-6-17(2)7-9-18/h10-12H,5-9,13H2,1-4H3. The molecule has 0 radical (unpaired) electrons. The first kappa shape index (κ1) is 15.8. The molecule has 1 aliphatic rings. The van der Waals surface area contributed by atoms with E-state index >= 15 is 0 Å². The van der Waals surface area contributed by atoms with Gasteiger partial charge in [0.25, 0.3) is 0 Å². The van der Waals surface area contributed by atoms with Gasteiger partial charge in [-0.1, -0.05) is 13.0 Å². The summed E-state index contributed by atoms with van der Waals surface area (Å²) in [6.07, 6.45) is 1.00. The van der Waals surface area contributed by atoms with E-state index in [-0.39, 0.29) is 0 Å². The topological polar surface area (TPSA) is 23.6 Å². The fraction of sp³-hybridized carbons (Fsp3) is 0.625. The van der Waals surface area contributed by atoms with Crippen LogP contribution in [0.5, 0.6) is 0 Å². The van der Waals surface area contributed by atoms with Gasteiger partial charge >= 0.3 is 0 Å². The Bertz CT molecular complexity index is 501. The Morgan fingerprint density at radius 3 is 2.20 bits per heavy atom. The van der Waals surface area contributed by atoms with Gasteiger partial charge in [-0.2, -0.15) is 0 Å². The fourth-order valence-electron chi connectivity index (χ4n) is 2.61. The van der Waals surface area contributed by atoms with Crippen LogP contribution in [0.25, 0.3) is 0 Å². The van der Waals surface area contributed by atoms with Crippen molar-refractivity contribution in [2.24, 2.45) is 0 Å². The SMILES string of the molecule is CCc1cc(CN2CCN(C)CC2)cc(P(C)(C)=O)c1. The maximum Gasteiger partial charge on any atom is 0.109 e. The first-order valence-corrected chi connectivity index (χ1v) is 10.1. The molecule has 0 amide bonds. The molecule has 1 fully saturated rings. The molecule has 1 aromatic carbocycles. The van der Waals surface area contributed by atoms with Crippen molar-refractivity contribution in [3.8, 4) is 0 Å². The molecular weight excluding hydrogens is 267 g/mol. The molecule has 0 saturated carbocycles. The molecule has 3 nitrogen and oxygen atoms in total. The quantitative estimate of drug-likeness (QED) is 0.796. The minimum atomic E-state index is -2.18. The zero-order chi connectivity index (χ0) is 14.8. The van der Waals surface area contributed by atoms with Gasteiger partial charge in [0.2, 0.25) is 0 Å². The van der Waals surface area contributed by atoms with E-state index in [2.05, 4.69) is 42.0 Å². The molecule has 1 saturated heterocycles. The van der Waals surface area contributed by atoms with E-state index in [0.717, 1.165) is 44.4 Å². The van der Waals surface area contributed by atoms with Crippen LogP contribution in [0.4, 0.5) is 0 Å². The van der Waals surface area contributed by atoms with Gasteiger partial charge in [0.1, 0.15) is 7.14 Å². The van der Waals surface area contributed by atoms with E-state index in [9.17, 15) is 4.57 Å². The van der Waals surface area contributed by atoms with Gasteiger partial charge in [-0.05, 0) is 50.1 Å². The van der Waals surface area contributed by atoms with Crippen molar-refractivity contribution in [2.75, 3.05) is 46.6 Å². The Morgan fingerprint density at radius 2 is 1.65 bits per heavy atom. The summed E-state index contributed by atoms with van der Waals surface area (Å²) in [4.78, 5) is 4.87. The summed E-state index contributed by atoms with van der Waals surface area (Å²) in [5.74, 6) is 0. The van der Waals surface area contributed by atoms with Crippen LogP contribution in [0.2, 0.25) is 0 Å². The molecule has 0 aliphatic carbocycles. The summed E-state index contributed by atoms with van der Waals surface area (Å²) >= 11 is 0. The summed E-state index contributed by atoms with van der Waals surface area (Å²) in [6, 6.07) is 6.55. The highest BCUT2D eigenvalue weighted by Crippen LogP contribution is 2.35. The Labute approximate surface area is 123 Å². The summed E-state index contributed by atoms with van der Waals surface area (Å²) in [5.41, 5.74) is 2.61. The van der Waals surface area contributed by atoms with Crippen molar-refractivity contribution in [2.45, 2.75) is 19.9 Å². The molecule has 0 aromatic heterocycles. The number of likely N-dealkylation sites (N-methyl/N-ethyl adjacent to an activating group) is 1. The maximum absolute atomic E-state index is 12.4. The highest BCUT2D eigenvalue weighted by molar-refractivity contribution is 7.70. The molecule has 1 aromatic rings. The number of rotatable bonds is 4. The van der Waals surface area contributed by atoms with Gasteiger partial charge < -0.3 is 9.46 Å². The zero-order valence-corrected chi connectivity index (χ0v) is 14.1. The van der Waals surface area contributed by atoms with Gasteiger partial charge in [-0.25, -0.2) is 0 Å². The lowest BCUT2D eigenvalue weighted by atomic mass is 10.1. The van der Waals surface area contributed by atoms with Crippen LogP contribution in [-0.4, -0.2) is 56.4 Å². The number of nitrogens with zero attached hydrogens (tertiary/aromatic N) is 2. The van der Waals surface area contributed by atoms with Gasteiger partial charge in [-0.15, -0.1) is 0 Å². The van der Waals surface area contributed by atoms with Crippen LogP contribution in [0.1, 0.15) is 18.1 Å². The second-order valence-corrected chi connectivity index (χ2v) is 9.51. The molecule has 0 unspecified atom stereocenters. The van der Waals surface area contributed by atoms with Crippen LogP contribution in [0.3, 0.4) is 0 Å². The molecular formula is C16H27N2OP. The first-order valence-electron chi connectivity index (χ1n) is 7.48. The lowest BCUT2D eigenvalue weighted by molar-refractivity contribution is 0.148. The fourth-order valence-corrected chi connectivity index (χ4v) is 3.57. The Kier molecular flexibility index (Phi) is 5.06. The monoisotopic (exact) mass is 294 g/mol. The highest BCUT2D eigenvalue weighted by atomic mass is 31.2. The van der Waals surface area contributed by atoms with Crippen molar-refractivity contribution in [3.63, 3.8) is 0 Å². The molecule has 0 spiro atoms. The molecule has 2 rings (SSSR count). The van der Waals surface area contributed by atoms with Crippen LogP contribution in [0.15, 0.2) is 18.2 Å². The van der Waals surface area contributed by atoms with Gasteiger partial charge in [-0.3, -0.25) is 4.90 Å². The van der Waals surface area contributed by atoms with Gasteiger partial charge in [0.05, 0.1) is 0 Å². The summed E-state index contributed by atoms with van der Waals surface area (Å²) in [5, 5.41) is 1.03. The third kappa shape index (κ3) is 4.18. The van der Waals surface area contributed by atoms with Crippen LogP contribution in [-0.2, 0) is 17.5 Å². The first-order chi connectivity index (χ1) is 9.38. The van der Waals surface area contributed by atoms with Crippen LogP contribution < -0.4 is 5.30 Å². The number of benzene rings is 1. The average molecular weight is 294 g/mol. The van der Waals surface area contributed by atoms with Gasteiger partial charge in [0, 0.05) is 38.0 Å². The average Bonchev–Trinajstić information content (AvgIpc) is 2.40. The molecule has 20 heavy (non-hydrogen) atoms. The number of hydrogen-bond acceptors (Lipinski definition) is 3. The largest absolute Gasteiger partial charge is 0.319 e. The van der Waals surface area contributed by atoms with Crippen LogP contribution in [0, 0.1) is 0 Å². The molecule has 0 bridgehead atoms. The second kappa shape index (κ2) is 6.43. The predicted octanol–water partition coefficient (Wildman–Crippen LogP) is 2.24. The van der Waals surface area contributed by atoms with E-state index in [4.69, 9.17) is 0 Å².